The number of halogens is 1. The maximum absolute atomic E-state index is 13.8. The van der Waals surface area contributed by atoms with Crippen LogP contribution in [-0.2, 0) is 20.7 Å². The minimum Gasteiger partial charge on any atom is -0.497 e. The molecule has 10 heteroatoms. The molecule has 1 unspecified atom stereocenters. The van der Waals surface area contributed by atoms with Crippen molar-refractivity contribution in [1.29, 1.82) is 0 Å². The highest BCUT2D eigenvalue weighted by Crippen LogP contribution is 2.31. The summed E-state index contributed by atoms with van der Waals surface area (Å²) in [5.74, 6) is 0.723. The zero-order valence-electron chi connectivity index (χ0n) is 21.9. The van der Waals surface area contributed by atoms with Crippen molar-refractivity contribution in [3.05, 3.63) is 69.3 Å². The molecular formula is C29H35IN2O7. The molecule has 210 valence electrons. The maximum Gasteiger partial charge on any atom is 0.252 e. The Hall–Kier alpha value is -2.67. The van der Waals surface area contributed by atoms with E-state index >= 15 is 0 Å². The van der Waals surface area contributed by atoms with Crippen molar-refractivity contribution < 1.29 is 34.0 Å². The third-order valence-electron chi connectivity index (χ3n) is 6.98. The van der Waals surface area contributed by atoms with Crippen LogP contribution >= 0.6 is 22.6 Å². The number of aliphatic hydroxyl groups is 2. The van der Waals surface area contributed by atoms with Gasteiger partial charge in [-0.15, -0.1) is 0 Å². The lowest BCUT2D eigenvalue weighted by Gasteiger charge is -2.41. The summed E-state index contributed by atoms with van der Waals surface area (Å²) in [6.45, 7) is 0.728. The lowest BCUT2D eigenvalue weighted by Crippen LogP contribution is -2.57. The van der Waals surface area contributed by atoms with E-state index in [0.29, 0.717) is 37.3 Å². The van der Waals surface area contributed by atoms with E-state index in [-0.39, 0.29) is 31.4 Å². The molecule has 3 N–H and O–H groups in total. The van der Waals surface area contributed by atoms with E-state index in [0.717, 1.165) is 21.3 Å². The fourth-order valence-corrected chi connectivity index (χ4v) is 5.46. The Balaban J connectivity index is 1.64. The van der Waals surface area contributed by atoms with Gasteiger partial charge in [0.15, 0.2) is 0 Å². The van der Waals surface area contributed by atoms with Gasteiger partial charge in [0.1, 0.15) is 29.8 Å². The molecule has 4 rings (SSSR count). The molecule has 9 nitrogen and oxygen atoms in total. The summed E-state index contributed by atoms with van der Waals surface area (Å²) >= 11 is 2.16. The molecule has 2 aliphatic rings. The second-order valence-electron chi connectivity index (χ2n) is 9.58. The largest absolute Gasteiger partial charge is 0.497 e. The van der Waals surface area contributed by atoms with Gasteiger partial charge in [0.2, 0.25) is 5.91 Å². The van der Waals surface area contributed by atoms with Gasteiger partial charge < -0.3 is 34.6 Å². The molecular weight excluding hydrogens is 615 g/mol. The molecule has 2 aromatic carbocycles. The average Bonchev–Trinajstić information content (AvgIpc) is 3.50. The molecule has 1 heterocycles. The lowest BCUT2D eigenvalue weighted by molar-refractivity contribution is -0.148. The fourth-order valence-electron chi connectivity index (χ4n) is 4.94. The van der Waals surface area contributed by atoms with Gasteiger partial charge in [-0.05, 0) is 77.8 Å². The van der Waals surface area contributed by atoms with Crippen molar-refractivity contribution in [2.24, 2.45) is 0 Å². The molecule has 0 spiro atoms. The van der Waals surface area contributed by atoms with Gasteiger partial charge >= 0.3 is 0 Å². The van der Waals surface area contributed by atoms with Crippen LogP contribution < -0.4 is 14.8 Å². The van der Waals surface area contributed by atoms with Crippen LogP contribution in [0.4, 0.5) is 0 Å². The Kier molecular flexibility index (Phi) is 10.6. The first kappa shape index (κ1) is 29.3. The van der Waals surface area contributed by atoms with Crippen molar-refractivity contribution >= 4 is 34.4 Å². The van der Waals surface area contributed by atoms with E-state index in [4.69, 9.17) is 14.2 Å². The van der Waals surface area contributed by atoms with Crippen LogP contribution in [0.5, 0.6) is 11.5 Å². The number of carbonyl (C=O) groups is 2. The van der Waals surface area contributed by atoms with Gasteiger partial charge in [-0.3, -0.25) is 9.59 Å². The quantitative estimate of drug-likeness (QED) is 0.320. The third kappa shape index (κ3) is 7.50. The molecule has 4 atom stereocenters. The highest BCUT2D eigenvalue weighted by Gasteiger charge is 2.42. The van der Waals surface area contributed by atoms with Crippen molar-refractivity contribution in [1.82, 2.24) is 10.2 Å². The normalized spacial score (nSPS) is 22.6. The van der Waals surface area contributed by atoms with Gasteiger partial charge in [0.25, 0.3) is 5.91 Å². The molecule has 1 saturated heterocycles. The highest BCUT2D eigenvalue weighted by molar-refractivity contribution is 14.1. The second kappa shape index (κ2) is 14.1. The number of nitrogens with one attached hydrogen (secondary N) is 1. The Bertz CT molecular complexity index is 1170. The zero-order chi connectivity index (χ0) is 27.8. The Morgan fingerprint density at radius 2 is 2.03 bits per heavy atom. The first-order valence-corrected chi connectivity index (χ1v) is 14.2. The molecule has 1 fully saturated rings. The molecule has 2 aromatic rings. The minimum absolute atomic E-state index is 0.0971. The van der Waals surface area contributed by atoms with Gasteiger partial charge in [-0.25, -0.2) is 0 Å². The summed E-state index contributed by atoms with van der Waals surface area (Å²) < 4.78 is 18.1. The number of amides is 2. The number of aliphatic hydroxyl groups excluding tert-OH is 2. The zero-order valence-corrected chi connectivity index (χ0v) is 24.1. The van der Waals surface area contributed by atoms with Crippen LogP contribution in [0.1, 0.15) is 24.8 Å². The molecule has 2 amide bonds. The van der Waals surface area contributed by atoms with Gasteiger partial charge in [-0.1, -0.05) is 24.3 Å². The van der Waals surface area contributed by atoms with Crippen LogP contribution in [0.15, 0.2) is 60.2 Å². The minimum atomic E-state index is -1.09. The first-order valence-electron chi connectivity index (χ1n) is 13.1. The maximum atomic E-state index is 13.8. The van der Waals surface area contributed by atoms with E-state index < -0.39 is 24.4 Å². The number of para-hydroxylation sites is 1. The van der Waals surface area contributed by atoms with Crippen LogP contribution in [0.25, 0.3) is 0 Å². The highest BCUT2D eigenvalue weighted by atomic mass is 127. The van der Waals surface area contributed by atoms with Crippen LogP contribution in [0, 0.1) is 3.57 Å². The molecule has 0 bridgehead atoms. The number of nitrogens with zero attached hydrogens (tertiary/aromatic N) is 1. The van der Waals surface area contributed by atoms with E-state index in [1.807, 2.05) is 42.5 Å². The number of carbonyl (C=O) groups excluding carboxylic acids is 2. The SMILES string of the molecule is COc1cccc(CCN(C(=O)C2CCCO2)[C@@H]2CC(C(=O)NCCO)=C[C@H](Oc3ccccc3I)[C@H]2O)c1. The Morgan fingerprint density at radius 3 is 2.74 bits per heavy atom. The number of methoxy groups -OCH3 is 1. The van der Waals surface area contributed by atoms with E-state index in [1.54, 1.807) is 24.2 Å². The van der Waals surface area contributed by atoms with Crippen LogP contribution in [0.3, 0.4) is 0 Å². The van der Waals surface area contributed by atoms with Gasteiger partial charge in [-0.2, -0.15) is 0 Å². The smallest absolute Gasteiger partial charge is 0.252 e. The molecule has 0 aromatic heterocycles. The number of rotatable bonds is 11. The summed E-state index contributed by atoms with van der Waals surface area (Å²) in [6, 6.07) is 14.3. The molecule has 0 radical (unpaired) electrons. The topological polar surface area (TPSA) is 118 Å². The Labute approximate surface area is 242 Å². The van der Waals surface area contributed by atoms with Gasteiger partial charge in [0.05, 0.1) is 23.3 Å². The van der Waals surface area contributed by atoms with Crippen molar-refractivity contribution in [2.75, 3.05) is 33.4 Å². The third-order valence-corrected chi connectivity index (χ3v) is 7.87. The summed E-state index contributed by atoms with van der Waals surface area (Å²) in [7, 11) is 1.61. The lowest BCUT2D eigenvalue weighted by atomic mass is 9.87. The van der Waals surface area contributed by atoms with Crippen molar-refractivity contribution in [3.63, 3.8) is 0 Å². The van der Waals surface area contributed by atoms with E-state index in [1.165, 1.54) is 0 Å². The second-order valence-corrected chi connectivity index (χ2v) is 10.7. The van der Waals surface area contributed by atoms with E-state index in [2.05, 4.69) is 27.9 Å². The predicted molar refractivity (Wildman–Crippen MR) is 154 cm³/mol. The summed E-state index contributed by atoms with van der Waals surface area (Å²) in [5, 5.41) is 23.5. The average molecular weight is 651 g/mol. The summed E-state index contributed by atoms with van der Waals surface area (Å²) in [5.41, 5.74) is 1.37. The first-order chi connectivity index (χ1) is 18.9. The summed E-state index contributed by atoms with van der Waals surface area (Å²) in [4.78, 5) is 28.4. The molecule has 1 aliphatic carbocycles. The monoisotopic (exact) mass is 650 g/mol. The standard InChI is InChI=1S/C29H35IN2O7/c1-37-21-7-4-6-19(16-21)11-13-32(29(36)25-10-5-15-38-25)23-17-20(28(35)31-12-14-33)18-26(27(23)34)39-24-9-3-2-8-22(24)30/h2-4,6-9,16,18,23,25-27,33-34H,5,10-15,17H2,1H3,(H,31,35)/t23-,25?,26+,27+/m1/s1. The molecule has 39 heavy (non-hydrogen) atoms. The van der Waals surface area contributed by atoms with Crippen LogP contribution in [0.2, 0.25) is 0 Å². The fraction of sp³-hybridized carbons (Fsp3) is 0.448. The number of ether oxygens (including phenoxy) is 3. The number of hydrogen-bond donors (Lipinski definition) is 3. The Morgan fingerprint density at radius 1 is 1.21 bits per heavy atom. The number of benzene rings is 2. The van der Waals surface area contributed by atoms with Crippen molar-refractivity contribution in [2.45, 2.75) is 50.0 Å². The van der Waals surface area contributed by atoms with Gasteiger partial charge in [0, 0.05) is 31.7 Å². The number of hydrogen-bond acceptors (Lipinski definition) is 7. The summed E-state index contributed by atoms with van der Waals surface area (Å²) in [6.07, 6.45) is 1.14. The van der Waals surface area contributed by atoms with E-state index in [9.17, 15) is 19.8 Å². The molecule has 1 aliphatic heterocycles. The van der Waals surface area contributed by atoms with Crippen LogP contribution in [-0.4, -0.2) is 84.7 Å². The van der Waals surface area contributed by atoms with Crippen molar-refractivity contribution in [3.8, 4) is 11.5 Å². The molecule has 0 saturated carbocycles. The predicted octanol–water partition coefficient (Wildman–Crippen LogP) is 2.47.